The number of carbonyl (C=O) groups excluding carboxylic acids is 4. The van der Waals surface area contributed by atoms with E-state index in [-0.39, 0.29) is 159 Å². The number of amides is 4. The number of nitrogens with one attached hydrogen (secondary N) is 5. The zero-order valence-corrected chi connectivity index (χ0v) is 32.6. The molecule has 4 amide bonds. The second-order valence-corrected chi connectivity index (χ2v) is 8.20. The number of fused-ring (bicyclic) bond motifs is 1. The van der Waals surface area contributed by atoms with Crippen LogP contribution in [-0.2, 0) is 117 Å². The van der Waals surface area contributed by atoms with Crippen molar-refractivity contribution in [2.75, 3.05) is 27.0 Å². The molecule has 241 valence electrons. The second kappa shape index (κ2) is 24.7. The standard InChI is InChI=1S/C10H11N2O3.C9H7N2O3.C8H9N2O2.2CH4.3Y/c1-6(13)11-8-3-4-9(10(15)5-8)12-7(2)14;1-5(12)10-6-2-3-7-8(4-6)14-9(13)11-7;1-5(11)10-6-2-3-7(9)8(12)4-6;;;;;/h4-5,15H,1-2H3,(H,11,13)(H,12,14);3-4H,1H3,(H,10,12)(H,11,13);3-4,12H,9H2,1H3,(H,10,11);2*1H4;;;/q3*-1;;;;;. The van der Waals surface area contributed by atoms with E-state index >= 15 is 0 Å². The summed E-state index contributed by atoms with van der Waals surface area (Å²) in [5.41, 5.74) is 8.03. The first-order valence-electron chi connectivity index (χ1n) is 11.6. The SMILES string of the molecule is C.C.CC(=O)Nc1[c-]cc(N)c(O)c1.CC(=O)Nc1[c-]cc(NC(C)=O)c(O)c1.CC(=O)Nc1[c-]cc2[nH]c(=O)oc2c1.[Y].[Y].[Y]. The molecule has 0 spiro atoms. The topological polar surface area (TPSA) is 229 Å². The number of H-pyrrole nitrogens is 1. The number of benzene rings is 3. The van der Waals surface area contributed by atoms with E-state index in [1.165, 1.54) is 58.0 Å². The number of phenols is 2. The maximum absolute atomic E-state index is 10.8. The number of carbonyl (C=O) groups is 4. The van der Waals surface area contributed by atoms with Crippen LogP contribution in [0.4, 0.5) is 28.4 Å². The minimum absolute atomic E-state index is 0. The molecule has 9 N–H and O–H groups in total. The van der Waals surface area contributed by atoms with Crippen LogP contribution in [0.5, 0.6) is 11.5 Å². The third kappa shape index (κ3) is 18.6. The van der Waals surface area contributed by atoms with E-state index in [9.17, 15) is 29.1 Å². The van der Waals surface area contributed by atoms with E-state index in [0.717, 1.165) is 0 Å². The van der Waals surface area contributed by atoms with E-state index in [2.05, 4.69) is 44.5 Å². The van der Waals surface area contributed by atoms with Crippen LogP contribution in [0.1, 0.15) is 42.5 Å². The maximum atomic E-state index is 10.8. The van der Waals surface area contributed by atoms with Crippen LogP contribution < -0.4 is 32.8 Å². The zero-order chi connectivity index (χ0) is 30.7. The fourth-order valence-electron chi connectivity index (χ4n) is 2.94. The van der Waals surface area contributed by atoms with E-state index in [1.807, 2.05) is 0 Å². The average Bonchev–Trinajstić information content (AvgIpc) is 3.22. The number of aromatic hydroxyl groups is 2. The van der Waals surface area contributed by atoms with Gasteiger partial charge in [-0.25, -0.2) is 4.79 Å². The van der Waals surface area contributed by atoms with Crippen molar-refractivity contribution < 1.29 is 132 Å². The van der Waals surface area contributed by atoms with Gasteiger partial charge in [-0.1, -0.05) is 31.9 Å². The van der Waals surface area contributed by atoms with Crippen molar-refractivity contribution in [1.29, 1.82) is 0 Å². The number of anilines is 5. The van der Waals surface area contributed by atoms with Gasteiger partial charge in [-0.2, -0.15) is 18.2 Å². The minimum Gasteiger partial charge on any atom is -0.531 e. The van der Waals surface area contributed by atoms with Gasteiger partial charge in [0, 0.05) is 137 Å². The number of hydrogen-bond donors (Lipinski definition) is 8. The average molecular weight is 862 g/mol. The molecule has 3 radical (unpaired) electrons. The maximum Gasteiger partial charge on any atom is 0.404 e. The van der Waals surface area contributed by atoms with Gasteiger partial charge in [0.15, 0.2) is 0 Å². The molecular formula is C29H35N6O8Y3-3. The Balaban J connectivity index is -0.000000274. The number of phenolic OH excluding ortho intramolecular Hbond substituents is 2. The molecule has 4 aromatic rings. The first-order valence-corrected chi connectivity index (χ1v) is 11.6. The molecule has 0 saturated carbocycles. The van der Waals surface area contributed by atoms with Crippen LogP contribution in [0, 0.1) is 18.2 Å². The summed E-state index contributed by atoms with van der Waals surface area (Å²) in [6.45, 7) is 5.46. The van der Waals surface area contributed by atoms with Crippen molar-refractivity contribution in [3.05, 3.63) is 65.1 Å². The van der Waals surface area contributed by atoms with Crippen molar-refractivity contribution in [3.63, 3.8) is 0 Å². The fourth-order valence-corrected chi connectivity index (χ4v) is 2.94. The number of hydrogen-bond acceptors (Lipinski definition) is 9. The first kappa shape index (κ1) is 50.4. The Labute approximate surface area is 342 Å². The molecule has 0 aliphatic carbocycles. The second-order valence-electron chi connectivity index (χ2n) is 8.20. The Kier molecular flexibility index (Phi) is 27.0. The number of rotatable bonds is 4. The molecule has 14 nitrogen and oxygen atoms in total. The molecule has 0 aliphatic rings. The summed E-state index contributed by atoms with van der Waals surface area (Å²) in [6, 6.07) is 16.7. The van der Waals surface area contributed by atoms with Crippen LogP contribution in [0.3, 0.4) is 0 Å². The van der Waals surface area contributed by atoms with Crippen LogP contribution in [0.15, 0.2) is 45.6 Å². The predicted molar refractivity (Wildman–Crippen MR) is 165 cm³/mol. The molecule has 0 saturated heterocycles. The third-order valence-corrected chi connectivity index (χ3v) is 4.48. The Morgan fingerprint density at radius 3 is 1.54 bits per heavy atom. The Morgan fingerprint density at radius 2 is 1.11 bits per heavy atom. The summed E-state index contributed by atoms with van der Waals surface area (Å²) < 4.78 is 4.81. The van der Waals surface area contributed by atoms with Crippen LogP contribution in [0.25, 0.3) is 11.1 Å². The number of nitrogen functional groups attached to an aromatic ring is 1. The summed E-state index contributed by atoms with van der Waals surface area (Å²) in [6.07, 6.45) is 0. The molecule has 1 aromatic heterocycles. The van der Waals surface area contributed by atoms with Crippen LogP contribution >= 0.6 is 0 Å². The number of aromatic nitrogens is 1. The van der Waals surface area contributed by atoms with Crippen LogP contribution in [-0.4, -0.2) is 38.8 Å². The van der Waals surface area contributed by atoms with E-state index in [4.69, 9.17) is 15.3 Å². The van der Waals surface area contributed by atoms with E-state index in [1.54, 1.807) is 6.07 Å². The number of aromatic amines is 1. The van der Waals surface area contributed by atoms with Gasteiger partial charge in [0.25, 0.3) is 0 Å². The number of oxazole rings is 1. The normalized spacial score (nSPS) is 8.70. The van der Waals surface area contributed by atoms with Gasteiger partial charge >= 0.3 is 5.76 Å². The van der Waals surface area contributed by atoms with E-state index < -0.39 is 5.76 Å². The van der Waals surface area contributed by atoms with E-state index in [0.29, 0.717) is 28.2 Å². The Bertz CT molecular complexity index is 1640. The zero-order valence-electron chi connectivity index (χ0n) is 24.1. The molecular weight excluding hydrogens is 827 g/mol. The predicted octanol–water partition coefficient (Wildman–Crippen LogP) is 3.99. The molecule has 3 aromatic carbocycles. The fraction of sp³-hybridized carbons (Fsp3) is 0.207. The molecule has 0 atom stereocenters. The smallest absolute Gasteiger partial charge is 0.404 e. The third-order valence-electron chi connectivity index (χ3n) is 4.48. The van der Waals surface area contributed by atoms with Crippen molar-refractivity contribution in [2.45, 2.75) is 42.5 Å². The van der Waals surface area contributed by atoms with Crippen molar-refractivity contribution in [3.8, 4) is 11.5 Å². The summed E-state index contributed by atoms with van der Waals surface area (Å²) in [4.78, 5) is 56.0. The van der Waals surface area contributed by atoms with Gasteiger partial charge in [0.2, 0.25) is 23.6 Å². The number of nitrogens with two attached hydrogens (primary N) is 1. The summed E-state index contributed by atoms with van der Waals surface area (Å²) >= 11 is 0. The Hall–Kier alpha value is -2.48. The molecule has 17 heteroatoms. The monoisotopic (exact) mass is 862 g/mol. The van der Waals surface area contributed by atoms with Crippen LogP contribution in [0.2, 0.25) is 0 Å². The first-order chi connectivity index (χ1) is 19.2. The van der Waals surface area contributed by atoms with Gasteiger partial charge in [-0.3, -0.25) is 19.2 Å². The quantitative estimate of drug-likeness (QED) is 0.0842. The molecule has 0 unspecified atom stereocenters. The van der Waals surface area contributed by atoms with Gasteiger partial charge < -0.3 is 46.6 Å². The summed E-state index contributed by atoms with van der Waals surface area (Å²) in [5, 5.41) is 28.5. The van der Waals surface area contributed by atoms with Gasteiger partial charge in [-0.15, -0.1) is 36.4 Å². The van der Waals surface area contributed by atoms with Gasteiger partial charge in [0.05, 0.1) is 5.58 Å². The largest absolute Gasteiger partial charge is 0.531 e. The van der Waals surface area contributed by atoms with Gasteiger partial charge in [0.1, 0.15) is 0 Å². The van der Waals surface area contributed by atoms with Crippen molar-refractivity contribution in [1.82, 2.24) is 4.98 Å². The van der Waals surface area contributed by atoms with Gasteiger partial charge in [-0.05, 0) is 16.9 Å². The minimum atomic E-state index is -0.520. The summed E-state index contributed by atoms with van der Waals surface area (Å²) in [7, 11) is 0. The summed E-state index contributed by atoms with van der Waals surface area (Å²) in [5.74, 6) is -1.64. The molecule has 46 heavy (non-hydrogen) atoms. The van der Waals surface area contributed by atoms with Crippen molar-refractivity contribution in [2.24, 2.45) is 0 Å². The molecule has 1 heterocycles. The molecule has 0 fully saturated rings. The molecule has 0 bridgehead atoms. The molecule has 4 rings (SSSR count). The van der Waals surface area contributed by atoms with Crippen molar-refractivity contribution >= 4 is 63.2 Å². The molecule has 0 aliphatic heterocycles. The Morgan fingerprint density at radius 1 is 0.696 bits per heavy atom.